The third-order valence-corrected chi connectivity index (χ3v) is 5.55. The number of carbonyl (C=O) groups is 4. The Balaban J connectivity index is 1.75. The van der Waals surface area contributed by atoms with Crippen molar-refractivity contribution < 1.29 is 33.4 Å². The summed E-state index contributed by atoms with van der Waals surface area (Å²) in [6, 6.07) is 6.81. The summed E-state index contributed by atoms with van der Waals surface area (Å²) in [5.74, 6) is -4.07. The van der Waals surface area contributed by atoms with Gasteiger partial charge >= 0.3 is 11.9 Å². The molecule has 3 aliphatic rings. The maximum Gasteiger partial charge on any atom is 0.305 e. The zero-order chi connectivity index (χ0) is 20.2. The van der Waals surface area contributed by atoms with E-state index in [1.54, 1.807) is 36.4 Å². The first-order valence-electron chi connectivity index (χ1n) is 8.59. The fourth-order valence-corrected chi connectivity index (χ4v) is 4.47. The van der Waals surface area contributed by atoms with Gasteiger partial charge in [0, 0.05) is 18.3 Å². The van der Waals surface area contributed by atoms with Crippen LogP contribution in [0.3, 0.4) is 0 Å². The van der Waals surface area contributed by atoms with Gasteiger partial charge in [-0.2, -0.15) is 0 Å². The summed E-state index contributed by atoms with van der Waals surface area (Å²) in [6.07, 6.45) is 1.03. The summed E-state index contributed by atoms with van der Waals surface area (Å²) < 4.78 is 17.0. The van der Waals surface area contributed by atoms with E-state index in [-0.39, 0.29) is 0 Å². The second kappa shape index (κ2) is 6.52. The molecular weight excluding hydrogens is 434 g/mol. The van der Waals surface area contributed by atoms with E-state index in [1.807, 2.05) is 0 Å². The SMILES string of the molecule is CC(=O)OC(OC(C)=O)[C@]12C=C[C@H](O1)[C@@H]1C(=O)N(c3cccc(Br)c3)C(=O)[C@@H]12. The number of fused-ring (bicyclic) bond motifs is 5. The fraction of sp³-hybridized carbons (Fsp3) is 0.368. The molecule has 0 N–H and O–H groups in total. The van der Waals surface area contributed by atoms with E-state index < -0.39 is 53.6 Å². The fourth-order valence-electron chi connectivity index (χ4n) is 4.09. The van der Waals surface area contributed by atoms with Gasteiger partial charge in [-0.1, -0.05) is 28.1 Å². The van der Waals surface area contributed by atoms with Crippen LogP contribution >= 0.6 is 15.9 Å². The lowest BCUT2D eigenvalue weighted by Crippen LogP contribution is -2.52. The van der Waals surface area contributed by atoms with Crippen LogP contribution in [0.15, 0.2) is 40.9 Å². The number of benzene rings is 1. The molecule has 0 unspecified atom stereocenters. The Morgan fingerprint density at radius 3 is 2.46 bits per heavy atom. The highest BCUT2D eigenvalue weighted by molar-refractivity contribution is 9.10. The topological polar surface area (TPSA) is 99.2 Å². The van der Waals surface area contributed by atoms with Gasteiger partial charge in [0.15, 0.2) is 5.60 Å². The molecule has 1 aromatic rings. The highest BCUT2D eigenvalue weighted by atomic mass is 79.9. The normalized spacial score (nSPS) is 30.1. The molecule has 4 rings (SSSR count). The molecule has 2 bridgehead atoms. The molecule has 0 aromatic heterocycles. The smallest absolute Gasteiger partial charge is 0.305 e. The summed E-state index contributed by atoms with van der Waals surface area (Å²) in [5, 5.41) is 0. The molecule has 4 atom stereocenters. The molecule has 0 saturated carbocycles. The summed E-state index contributed by atoms with van der Waals surface area (Å²) in [6.45, 7) is 2.32. The zero-order valence-corrected chi connectivity index (χ0v) is 16.5. The van der Waals surface area contributed by atoms with Crippen molar-refractivity contribution in [1.82, 2.24) is 0 Å². The van der Waals surface area contributed by atoms with Gasteiger partial charge in [-0.3, -0.25) is 19.2 Å². The Labute approximate surface area is 168 Å². The van der Waals surface area contributed by atoms with Crippen molar-refractivity contribution >= 4 is 45.4 Å². The van der Waals surface area contributed by atoms with Crippen molar-refractivity contribution in [2.75, 3.05) is 4.90 Å². The number of hydrogen-bond donors (Lipinski definition) is 0. The van der Waals surface area contributed by atoms with Crippen molar-refractivity contribution in [3.8, 4) is 0 Å². The molecule has 2 amide bonds. The minimum absolute atomic E-state index is 0.409. The van der Waals surface area contributed by atoms with Crippen molar-refractivity contribution in [1.29, 1.82) is 0 Å². The quantitative estimate of drug-likeness (QED) is 0.298. The van der Waals surface area contributed by atoms with E-state index in [0.717, 1.165) is 18.7 Å². The first-order chi connectivity index (χ1) is 13.2. The van der Waals surface area contributed by atoms with Crippen LogP contribution in [0.5, 0.6) is 0 Å². The minimum atomic E-state index is -1.54. The summed E-state index contributed by atoms with van der Waals surface area (Å²) >= 11 is 3.33. The van der Waals surface area contributed by atoms with Crippen LogP contribution < -0.4 is 4.90 Å². The van der Waals surface area contributed by atoms with E-state index in [2.05, 4.69) is 15.9 Å². The molecule has 8 nitrogen and oxygen atoms in total. The molecule has 3 heterocycles. The number of amides is 2. The predicted octanol–water partition coefficient (Wildman–Crippen LogP) is 1.71. The number of nitrogens with zero attached hydrogens (tertiary/aromatic N) is 1. The Hall–Kier alpha value is -2.52. The van der Waals surface area contributed by atoms with Gasteiger partial charge in [-0.05, 0) is 24.3 Å². The van der Waals surface area contributed by atoms with Crippen molar-refractivity contribution in [3.63, 3.8) is 0 Å². The van der Waals surface area contributed by atoms with E-state index >= 15 is 0 Å². The van der Waals surface area contributed by atoms with E-state index in [9.17, 15) is 19.2 Å². The Bertz CT molecular complexity index is 913. The second-order valence-electron chi connectivity index (χ2n) is 6.84. The monoisotopic (exact) mass is 449 g/mol. The lowest BCUT2D eigenvalue weighted by Gasteiger charge is -2.34. The third kappa shape index (κ3) is 2.68. The number of esters is 2. The van der Waals surface area contributed by atoms with Crippen LogP contribution in [0, 0.1) is 11.8 Å². The Morgan fingerprint density at radius 2 is 1.86 bits per heavy atom. The van der Waals surface area contributed by atoms with Gasteiger partial charge in [0.2, 0.25) is 11.8 Å². The largest absolute Gasteiger partial charge is 0.422 e. The number of imide groups is 1. The van der Waals surface area contributed by atoms with Gasteiger partial charge in [0.1, 0.15) is 0 Å². The average Bonchev–Trinajstić information content (AvgIpc) is 3.25. The van der Waals surface area contributed by atoms with Crippen LogP contribution in [-0.2, 0) is 33.4 Å². The van der Waals surface area contributed by atoms with Crippen molar-refractivity contribution in [3.05, 3.63) is 40.9 Å². The average molecular weight is 450 g/mol. The van der Waals surface area contributed by atoms with Gasteiger partial charge in [0.25, 0.3) is 6.29 Å². The number of hydrogen-bond acceptors (Lipinski definition) is 7. The summed E-state index contributed by atoms with van der Waals surface area (Å²) in [7, 11) is 0. The number of rotatable bonds is 4. The molecule has 28 heavy (non-hydrogen) atoms. The van der Waals surface area contributed by atoms with Crippen LogP contribution in [0.25, 0.3) is 0 Å². The zero-order valence-electron chi connectivity index (χ0n) is 15.0. The third-order valence-electron chi connectivity index (χ3n) is 5.06. The molecule has 146 valence electrons. The van der Waals surface area contributed by atoms with Gasteiger partial charge in [-0.15, -0.1) is 0 Å². The molecule has 0 spiro atoms. The number of halogens is 1. The van der Waals surface area contributed by atoms with Crippen LogP contribution in [-0.4, -0.2) is 41.7 Å². The van der Waals surface area contributed by atoms with Gasteiger partial charge in [0.05, 0.1) is 23.6 Å². The van der Waals surface area contributed by atoms with Gasteiger partial charge in [-0.25, -0.2) is 4.90 Å². The molecule has 0 aliphatic carbocycles. The molecule has 9 heteroatoms. The van der Waals surface area contributed by atoms with Crippen molar-refractivity contribution in [2.24, 2.45) is 11.8 Å². The molecule has 3 aliphatic heterocycles. The van der Waals surface area contributed by atoms with Crippen molar-refractivity contribution in [2.45, 2.75) is 31.8 Å². The Morgan fingerprint density at radius 1 is 1.18 bits per heavy atom. The van der Waals surface area contributed by atoms with E-state index in [4.69, 9.17) is 14.2 Å². The summed E-state index contributed by atoms with van der Waals surface area (Å²) in [5.41, 5.74) is -1.12. The molecule has 1 aromatic carbocycles. The van der Waals surface area contributed by atoms with Crippen LogP contribution in [0.4, 0.5) is 5.69 Å². The van der Waals surface area contributed by atoms with Crippen LogP contribution in [0.1, 0.15) is 13.8 Å². The molecule has 0 radical (unpaired) electrons. The highest BCUT2D eigenvalue weighted by Crippen LogP contribution is 2.54. The number of anilines is 1. The maximum atomic E-state index is 13.3. The lowest BCUT2D eigenvalue weighted by atomic mass is 9.76. The minimum Gasteiger partial charge on any atom is -0.422 e. The van der Waals surface area contributed by atoms with Gasteiger partial charge < -0.3 is 14.2 Å². The number of carbonyl (C=O) groups excluding carboxylic acids is 4. The standard InChI is InChI=1S/C19H16BrNO7/c1-9(22)26-18(27-10(2)23)19-7-6-13(28-19)14-15(19)17(25)21(16(14)24)12-5-3-4-11(20)8-12/h3-8,13-15,18H,1-2H3/t13-,14-,15+,19+/m0/s1. The first-order valence-corrected chi connectivity index (χ1v) is 9.39. The van der Waals surface area contributed by atoms with Crippen LogP contribution in [0.2, 0.25) is 0 Å². The molecule has 2 saturated heterocycles. The molecular formula is C19H16BrNO7. The lowest BCUT2D eigenvalue weighted by molar-refractivity contribution is -0.226. The maximum absolute atomic E-state index is 13.3. The Kier molecular flexibility index (Phi) is 4.39. The highest BCUT2D eigenvalue weighted by Gasteiger charge is 2.72. The van der Waals surface area contributed by atoms with E-state index in [1.165, 1.54) is 0 Å². The first kappa shape index (κ1) is 18.8. The predicted molar refractivity (Wildman–Crippen MR) is 97.7 cm³/mol. The molecule has 2 fully saturated rings. The van der Waals surface area contributed by atoms with E-state index in [0.29, 0.717) is 10.2 Å². The number of ether oxygens (including phenoxy) is 3. The summed E-state index contributed by atoms with van der Waals surface area (Å²) in [4.78, 5) is 50.6. The second-order valence-corrected chi connectivity index (χ2v) is 7.76.